The van der Waals surface area contributed by atoms with E-state index in [4.69, 9.17) is 4.74 Å². The van der Waals surface area contributed by atoms with Gasteiger partial charge in [-0.05, 0) is 65.3 Å². The van der Waals surface area contributed by atoms with Crippen molar-refractivity contribution in [1.82, 2.24) is 10.2 Å². The largest absolute Gasteiger partial charge is 0.444 e. The first-order valence-corrected chi connectivity index (χ1v) is 8.49. The van der Waals surface area contributed by atoms with Gasteiger partial charge in [0.15, 0.2) is 0 Å². The topological polar surface area (TPSA) is 41.6 Å². The summed E-state index contributed by atoms with van der Waals surface area (Å²) in [5.74, 6) is 0.946. The molecule has 124 valence electrons. The molecule has 0 bridgehead atoms. The van der Waals surface area contributed by atoms with Crippen molar-refractivity contribution in [2.75, 3.05) is 20.1 Å². The molecule has 0 heterocycles. The fourth-order valence-electron chi connectivity index (χ4n) is 2.83. The first kappa shape index (κ1) is 18.3. The van der Waals surface area contributed by atoms with E-state index < -0.39 is 5.60 Å². The van der Waals surface area contributed by atoms with E-state index in [0.717, 1.165) is 25.4 Å². The maximum absolute atomic E-state index is 11.8. The van der Waals surface area contributed by atoms with Crippen LogP contribution in [0.4, 0.5) is 4.79 Å². The average Bonchev–Trinajstić information content (AvgIpc) is 2.42. The lowest BCUT2D eigenvalue weighted by Crippen LogP contribution is -2.37. The van der Waals surface area contributed by atoms with E-state index in [2.05, 4.69) is 12.2 Å². The lowest BCUT2D eigenvalue weighted by Gasteiger charge is -2.29. The van der Waals surface area contributed by atoms with E-state index in [1.54, 1.807) is 11.9 Å². The molecule has 21 heavy (non-hydrogen) atoms. The van der Waals surface area contributed by atoms with Crippen LogP contribution >= 0.6 is 0 Å². The number of hydrogen-bond acceptors (Lipinski definition) is 3. The Morgan fingerprint density at radius 3 is 2.38 bits per heavy atom. The molecule has 1 saturated carbocycles. The number of nitrogens with zero attached hydrogens (tertiary/aromatic N) is 1. The molecule has 0 atom stereocenters. The van der Waals surface area contributed by atoms with Gasteiger partial charge in [-0.2, -0.15) is 0 Å². The Labute approximate surface area is 130 Å². The first-order chi connectivity index (χ1) is 9.81. The highest BCUT2D eigenvalue weighted by Gasteiger charge is 2.20. The molecular weight excluding hydrogens is 264 g/mol. The van der Waals surface area contributed by atoms with Gasteiger partial charge in [-0.25, -0.2) is 4.79 Å². The predicted octanol–water partition coefficient (Wildman–Crippen LogP) is 3.80. The van der Waals surface area contributed by atoms with Gasteiger partial charge in [-0.1, -0.05) is 13.3 Å². The fourth-order valence-corrected chi connectivity index (χ4v) is 2.83. The highest BCUT2D eigenvalue weighted by Crippen LogP contribution is 2.26. The minimum Gasteiger partial charge on any atom is -0.444 e. The van der Waals surface area contributed by atoms with Crippen LogP contribution in [0.5, 0.6) is 0 Å². The van der Waals surface area contributed by atoms with Gasteiger partial charge in [-0.15, -0.1) is 0 Å². The van der Waals surface area contributed by atoms with Crippen molar-refractivity contribution >= 4 is 6.09 Å². The van der Waals surface area contributed by atoms with E-state index in [1.165, 1.54) is 32.1 Å². The second kappa shape index (κ2) is 8.62. The van der Waals surface area contributed by atoms with Crippen LogP contribution in [0.3, 0.4) is 0 Å². The third-order valence-corrected chi connectivity index (χ3v) is 4.23. The van der Waals surface area contributed by atoms with Gasteiger partial charge in [0, 0.05) is 19.6 Å². The Kier molecular flexibility index (Phi) is 7.50. The second-order valence-corrected chi connectivity index (χ2v) is 7.34. The van der Waals surface area contributed by atoms with Crippen LogP contribution < -0.4 is 5.32 Å². The van der Waals surface area contributed by atoms with E-state index in [0.29, 0.717) is 6.04 Å². The Hall–Kier alpha value is -0.770. The maximum Gasteiger partial charge on any atom is 0.410 e. The van der Waals surface area contributed by atoms with Crippen LogP contribution in [0, 0.1) is 5.92 Å². The molecule has 0 aromatic rings. The van der Waals surface area contributed by atoms with Crippen LogP contribution in [-0.2, 0) is 4.74 Å². The third kappa shape index (κ3) is 7.70. The molecule has 1 aliphatic rings. The van der Waals surface area contributed by atoms with Gasteiger partial charge in [0.05, 0.1) is 0 Å². The lowest BCUT2D eigenvalue weighted by molar-refractivity contribution is 0.0297. The zero-order valence-electron chi connectivity index (χ0n) is 14.6. The predicted molar refractivity (Wildman–Crippen MR) is 87.5 cm³/mol. The number of ether oxygens (including phenoxy) is 1. The second-order valence-electron chi connectivity index (χ2n) is 7.34. The molecule has 0 aromatic heterocycles. The van der Waals surface area contributed by atoms with Crippen molar-refractivity contribution in [3.05, 3.63) is 0 Å². The molecule has 4 nitrogen and oxygen atoms in total. The molecule has 1 N–H and O–H groups in total. The SMILES string of the molecule is CCC1CCC(NCCCN(C)C(=O)OC(C)(C)C)CC1. The van der Waals surface area contributed by atoms with Crippen LogP contribution in [0.15, 0.2) is 0 Å². The van der Waals surface area contributed by atoms with Crippen LogP contribution in [0.25, 0.3) is 0 Å². The summed E-state index contributed by atoms with van der Waals surface area (Å²) >= 11 is 0. The number of rotatable bonds is 6. The molecular formula is C17H34N2O2. The molecule has 1 rings (SSSR count). The van der Waals surface area contributed by atoms with Gasteiger partial charge < -0.3 is 15.0 Å². The summed E-state index contributed by atoms with van der Waals surface area (Å²) in [6, 6.07) is 0.680. The Morgan fingerprint density at radius 1 is 1.24 bits per heavy atom. The minimum atomic E-state index is -0.415. The summed E-state index contributed by atoms with van der Waals surface area (Å²) in [7, 11) is 1.81. The zero-order chi connectivity index (χ0) is 15.9. The molecule has 0 radical (unpaired) electrons. The highest BCUT2D eigenvalue weighted by atomic mass is 16.6. The van der Waals surface area contributed by atoms with Crippen molar-refractivity contribution in [3.63, 3.8) is 0 Å². The van der Waals surface area contributed by atoms with Gasteiger partial charge in [0.2, 0.25) is 0 Å². The quantitative estimate of drug-likeness (QED) is 0.758. The lowest BCUT2D eigenvalue weighted by atomic mass is 9.84. The molecule has 1 fully saturated rings. The molecule has 4 heteroatoms. The number of amides is 1. The molecule has 0 saturated heterocycles. The zero-order valence-corrected chi connectivity index (χ0v) is 14.6. The standard InChI is InChI=1S/C17H34N2O2/c1-6-14-8-10-15(11-9-14)18-12-7-13-19(5)16(20)21-17(2,3)4/h14-15,18H,6-13H2,1-5H3. The smallest absolute Gasteiger partial charge is 0.410 e. The molecule has 0 unspecified atom stereocenters. The summed E-state index contributed by atoms with van der Waals surface area (Å²) < 4.78 is 5.34. The first-order valence-electron chi connectivity index (χ1n) is 8.49. The van der Waals surface area contributed by atoms with Crippen LogP contribution in [0.2, 0.25) is 0 Å². The van der Waals surface area contributed by atoms with E-state index >= 15 is 0 Å². The number of carbonyl (C=O) groups excluding carboxylic acids is 1. The van der Waals surface area contributed by atoms with Gasteiger partial charge in [0.25, 0.3) is 0 Å². The van der Waals surface area contributed by atoms with Gasteiger partial charge in [0.1, 0.15) is 5.60 Å². The van der Waals surface area contributed by atoms with Crippen molar-refractivity contribution in [2.24, 2.45) is 5.92 Å². The molecule has 1 amide bonds. The summed E-state index contributed by atoms with van der Waals surface area (Å²) in [6.07, 6.45) is 7.42. The van der Waals surface area contributed by atoms with E-state index in [9.17, 15) is 4.79 Å². The maximum atomic E-state index is 11.8. The monoisotopic (exact) mass is 298 g/mol. The summed E-state index contributed by atoms with van der Waals surface area (Å²) in [4.78, 5) is 13.5. The minimum absolute atomic E-state index is 0.231. The summed E-state index contributed by atoms with van der Waals surface area (Å²) in [6.45, 7) is 9.71. The van der Waals surface area contributed by atoms with Crippen LogP contribution in [0.1, 0.15) is 66.2 Å². The number of carbonyl (C=O) groups is 1. The summed E-state index contributed by atoms with van der Waals surface area (Å²) in [5, 5.41) is 3.63. The van der Waals surface area contributed by atoms with E-state index in [1.807, 2.05) is 20.8 Å². The molecule has 0 aromatic carbocycles. The van der Waals surface area contributed by atoms with Gasteiger partial charge in [-0.3, -0.25) is 0 Å². The van der Waals surface area contributed by atoms with Crippen molar-refractivity contribution in [2.45, 2.75) is 77.9 Å². The van der Waals surface area contributed by atoms with Crippen molar-refractivity contribution in [1.29, 1.82) is 0 Å². The van der Waals surface area contributed by atoms with Crippen LogP contribution in [-0.4, -0.2) is 42.8 Å². The fraction of sp³-hybridized carbons (Fsp3) is 0.941. The Morgan fingerprint density at radius 2 is 1.86 bits per heavy atom. The Balaban J connectivity index is 2.10. The normalized spacial score (nSPS) is 22.9. The van der Waals surface area contributed by atoms with E-state index in [-0.39, 0.29) is 6.09 Å². The molecule has 1 aliphatic carbocycles. The molecule has 0 spiro atoms. The third-order valence-electron chi connectivity index (χ3n) is 4.23. The number of hydrogen-bond donors (Lipinski definition) is 1. The summed E-state index contributed by atoms with van der Waals surface area (Å²) in [5.41, 5.74) is -0.415. The number of nitrogens with one attached hydrogen (secondary N) is 1. The van der Waals surface area contributed by atoms with Crippen molar-refractivity contribution in [3.8, 4) is 0 Å². The average molecular weight is 298 g/mol. The highest BCUT2D eigenvalue weighted by molar-refractivity contribution is 5.67. The van der Waals surface area contributed by atoms with Crippen molar-refractivity contribution < 1.29 is 9.53 Å². The molecule has 0 aliphatic heterocycles. The Bertz CT molecular complexity index is 304. The van der Waals surface area contributed by atoms with Gasteiger partial charge >= 0.3 is 6.09 Å².